The van der Waals surface area contributed by atoms with Crippen molar-refractivity contribution in [2.75, 3.05) is 18.9 Å². The number of carbonyl (C=O) groups excluding carboxylic acids is 1. The van der Waals surface area contributed by atoms with Crippen LogP contribution in [-0.2, 0) is 6.42 Å². The number of hydrogen-bond acceptors (Lipinski definition) is 3. The van der Waals surface area contributed by atoms with Crippen LogP contribution in [0.25, 0.3) is 0 Å². The molecule has 0 bridgehead atoms. The zero-order valence-corrected chi connectivity index (χ0v) is 12.9. The number of nitrogens with zero attached hydrogens (tertiary/aromatic N) is 1. The maximum absolute atomic E-state index is 12.1. The van der Waals surface area contributed by atoms with Crippen molar-refractivity contribution in [1.29, 1.82) is 0 Å². The lowest BCUT2D eigenvalue weighted by Crippen LogP contribution is -2.27. The van der Waals surface area contributed by atoms with Crippen LogP contribution in [0.3, 0.4) is 0 Å². The van der Waals surface area contributed by atoms with Gasteiger partial charge in [-0.05, 0) is 31.0 Å². The van der Waals surface area contributed by atoms with Crippen LogP contribution in [0.5, 0.6) is 0 Å². The Kier molecular flexibility index (Phi) is 5.17. The number of pyridine rings is 1. The van der Waals surface area contributed by atoms with Crippen LogP contribution < -0.4 is 10.6 Å². The summed E-state index contributed by atoms with van der Waals surface area (Å²) in [6, 6.07) is 11.6. The molecule has 0 aliphatic carbocycles. The van der Waals surface area contributed by atoms with Crippen molar-refractivity contribution < 1.29 is 4.79 Å². The van der Waals surface area contributed by atoms with Gasteiger partial charge in [0.15, 0.2) is 0 Å². The van der Waals surface area contributed by atoms with Crippen LogP contribution in [0, 0.1) is 6.92 Å². The maximum Gasteiger partial charge on any atom is 0.271 e. The largest absolute Gasteiger partial charge is 0.373 e. The molecule has 0 radical (unpaired) electrons. The molecule has 1 heterocycles. The third-order valence-corrected chi connectivity index (χ3v) is 3.40. The van der Waals surface area contributed by atoms with Gasteiger partial charge in [-0.15, -0.1) is 0 Å². The molecule has 5 heteroatoms. The van der Waals surface area contributed by atoms with Gasteiger partial charge in [-0.3, -0.25) is 4.79 Å². The molecule has 0 saturated heterocycles. The number of aromatic nitrogens is 1. The highest BCUT2D eigenvalue weighted by Gasteiger charge is 2.12. The number of amides is 1. The van der Waals surface area contributed by atoms with Crippen LogP contribution in [-0.4, -0.2) is 24.5 Å². The van der Waals surface area contributed by atoms with E-state index in [1.54, 1.807) is 19.2 Å². The van der Waals surface area contributed by atoms with E-state index >= 15 is 0 Å². The second kappa shape index (κ2) is 7.09. The lowest BCUT2D eigenvalue weighted by Gasteiger charge is -2.08. The molecule has 0 fully saturated rings. The summed E-state index contributed by atoms with van der Waals surface area (Å²) in [5, 5.41) is 6.08. The Bertz CT molecular complexity index is 643. The minimum absolute atomic E-state index is 0.243. The molecule has 21 heavy (non-hydrogen) atoms. The maximum atomic E-state index is 12.1. The van der Waals surface area contributed by atoms with Gasteiger partial charge in [-0.1, -0.05) is 41.4 Å². The number of nitrogens with one attached hydrogen (secondary N) is 2. The zero-order chi connectivity index (χ0) is 15.2. The lowest BCUT2D eigenvalue weighted by atomic mass is 10.1. The van der Waals surface area contributed by atoms with E-state index in [0.717, 1.165) is 6.42 Å². The molecule has 2 rings (SSSR count). The molecule has 110 valence electrons. The van der Waals surface area contributed by atoms with Crippen LogP contribution in [0.2, 0.25) is 5.02 Å². The van der Waals surface area contributed by atoms with Crippen LogP contribution in [0.15, 0.2) is 36.4 Å². The summed E-state index contributed by atoms with van der Waals surface area (Å²) in [5.41, 5.74) is 2.65. The predicted octanol–water partition coefficient (Wildman–Crippen LogP) is 3.06. The Morgan fingerprint density at radius 3 is 2.81 bits per heavy atom. The fourth-order valence-electron chi connectivity index (χ4n) is 2.01. The molecule has 0 aliphatic heterocycles. The summed E-state index contributed by atoms with van der Waals surface area (Å²) < 4.78 is 0. The van der Waals surface area contributed by atoms with Crippen molar-refractivity contribution in [2.24, 2.45) is 0 Å². The van der Waals surface area contributed by atoms with E-state index in [-0.39, 0.29) is 11.6 Å². The quantitative estimate of drug-likeness (QED) is 0.892. The summed E-state index contributed by atoms with van der Waals surface area (Å²) >= 11 is 6.01. The number of rotatable bonds is 5. The van der Waals surface area contributed by atoms with Crippen LogP contribution >= 0.6 is 11.6 Å². The molecule has 0 saturated carbocycles. The van der Waals surface area contributed by atoms with E-state index in [9.17, 15) is 4.79 Å². The Morgan fingerprint density at radius 1 is 1.29 bits per heavy atom. The van der Waals surface area contributed by atoms with Gasteiger partial charge in [0.2, 0.25) is 0 Å². The summed E-state index contributed by atoms with van der Waals surface area (Å²) in [5.74, 6) is 0.355. The zero-order valence-electron chi connectivity index (χ0n) is 12.1. The summed E-state index contributed by atoms with van der Waals surface area (Å²) in [6.07, 6.45) is 0.775. The first-order chi connectivity index (χ1) is 10.1. The first-order valence-corrected chi connectivity index (χ1v) is 7.16. The smallest absolute Gasteiger partial charge is 0.271 e. The van der Waals surface area contributed by atoms with Crippen LogP contribution in [0.4, 0.5) is 5.82 Å². The van der Waals surface area contributed by atoms with E-state index in [1.165, 1.54) is 11.1 Å². The van der Waals surface area contributed by atoms with Crippen molar-refractivity contribution in [2.45, 2.75) is 13.3 Å². The minimum Gasteiger partial charge on any atom is -0.373 e. The van der Waals surface area contributed by atoms with E-state index < -0.39 is 0 Å². The molecule has 2 aromatic rings. The Hall–Kier alpha value is -2.07. The number of benzene rings is 1. The number of hydrogen-bond donors (Lipinski definition) is 2. The molecule has 1 amide bonds. The van der Waals surface area contributed by atoms with Crippen molar-refractivity contribution >= 4 is 23.3 Å². The van der Waals surface area contributed by atoms with Crippen LogP contribution in [0.1, 0.15) is 21.6 Å². The van der Waals surface area contributed by atoms with Gasteiger partial charge in [-0.2, -0.15) is 0 Å². The molecule has 0 spiro atoms. The highest BCUT2D eigenvalue weighted by atomic mass is 35.5. The van der Waals surface area contributed by atoms with Gasteiger partial charge >= 0.3 is 0 Å². The lowest BCUT2D eigenvalue weighted by molar-refractivity contribution is 0.0949. The number of anilines is 1. The van der Waals surface area contributed by atoms with Crippen molar-refractivity contribution in [3.63, 3.8) is 0 Å². The van der Waals surface area contributed by atoms with E-state index in [4.69, 9.17) is 11.6 Å². The molecule has 0 unspecified atom stereocenters. The standard InChI is InChI=1S/C16H18ClN3O/c1-11-4-3-5-12(10-11)8-9-19-16(21)15-13(17)6-7-14(18-2)20-15/h3-7,10H,8-9H2,1-2H3,(H,18,20)(H,19,21). The Morgan fingerprint density at radius 2 is 2.10 bits per heavy atom. The monoisotopic (exact) mass is 303 g/mol. The fourth-order valence-corrected chi connectivity index (χ4v) is 2.20. The second-order valence-electron chi connectivity index (χ2n) is 4.77. The molecule has 1 aromatic carbocycles. The number of aryl methyl sites for hydroxylation is 1. The molecule has 4 nitrogen and oxygen atoms in total. The third kappa shape index (κ3) is 4.20. The fraction of sp³-hybridized carbons (Fsp3) is 0.250. The number of halogens is 1. The van der Waals surface area contributed by atoms with Gasteiger partial charge in [0, 0.05) is 13.6 Å². The second-order valence-corrected chi connectivity index (χ2v) is 5.18. The van der Waals surface area contributed by atoms with E-state index in [1.807, 2.05) is 12.1 Å². The predicted molar refractivity (Wildman–Crippen MR) is 86.0 cm³/mol. The molecule has 0 aliphatic rings. The number of carbonyl (C=O) groups is 1. The van der Waals surface area contributed by atoms with Gasteiger partial charge in [0.25, 0.3) is 5.91 Å². The Labute approximate surface area is 129 Å². The Balaban J connectivity index is 1.96. The molecule has 1 aromatic heterocycles. The van der Waals surface area contributed by atoms with Crippen molar-refractivity contribution in [3.8, 4) is 0 Å². The average molecular weight is 304 g/mol. The highest BCUT2D eigenvalue weighted by Crippen LogP contribution is 2.16. The highest BCUT2D eigenvalue weighted by molar-refractivity contribution is 6.33. The SMILES string of the molecule is CNc1ccc(Cl)c(C(=O)NCCc2cccc(C)c2)n1. The van der Waals surface area contributed by atoms with Gasteiger partial charge in [-0.25, -0.2) is 4.98 Å². The van der Waals surface area contributed by atoms with E-state index in [2.05, 4.69) is 34.7 Å². The van der Waals surface area contributed by atoms with E-state index in [0.29, 0.717) is 17.4 Å². The molecular formula is C16H18ClN3O. The van der Waals surface area contributed by atoms with Crippen molar-refractivity contribution in [3.05, 3.63) is 58.2 Å². The van der Waals surface area contributed by atoms with Gasteiger partial charge < -0.3 is 10.6 Å². The minimum atomic E-state index is -0.259. The summed E-state index contributed by atoms with van der Waals surface area (Å²) in [7, 11) is 1.75. The van der Waals surface area contributed by atoms with Gasteiger partial charge in [0.1, 0.15) is 11.5 Å². The normalized spacial score (nSPS) is 10.2. The molecule has 0 atom stereocenters. The molecular weight excluding hydrogens is 286 g/mol. The average Bonchev–Trinajstić information content (AvgIpc) is 2.47. The summed E-state index contributed by atoms with van der Waals surface area (Å²) in [4.78, 5) is 16.3. The first-order valence-electron chi connectivity index (χ1n) is 6.78. The molecule has 2 N–H and O–H groups in total. The topological polar surface area (TPSA) is 54.0 Å². The van der Waals surface area contributed by atoms with Crippen molar-refractivity contribution in [1.82, 2.24) is 10.3 Å². The van der Waals surface area contributed by atoms with Gasteiger partial charge in [0.05, 0.1) is 5.02 Å². The third-order valence-electron chi connectivity index (χ3n) is 3.10. The first kappa shape index (κ1) is 15.3. The summed E-state index contributed by atoms with van der Waals surface area (Å²) in [6.45, 7) is 2.60.